The summed E-state index contributed by atoms with van der Waals surface area (Å²) < 4.78 is 1.20. The molecular weight excluding hydrogens is 335 g/mol. The molecule has 24 heavy (non-hydrogen) atoms. The Morgan fingerprint density at radius 3 is 1.42 bits per heavy atom. The van der Waals surface area contributed by atoms with Crippen LogP contribution in [0.5, 0.6) is 0 Å². The summed E-state index contributed by atoms with van der Waals surface area (Å²) in [7, 11) is 0. The van der Waals surface area contributed by atoms with Crippen LogP contribution in [-0.2, 0) is 16.1 Å². The number of benzene rings is 1. The first-order valence-electron chi connectivity index (χ1n) is 7.51. The molecule has 0 spiro atoms. The fraction of sp³-hybridized carbons (Fsp3) is 0.529. The summed E-state index contributed by atoms with van der Waals surface area (Å²) in [6.07, 6.45) is 0. The van der Waals surface area contributed by atoms with E-state index in [1.54, 1.807) is 0 Å². The molecule has 0 saturated heterocycles. The molecule has 5 N–H and O–H groups in total. The van der Waals surface area contributed by atoms with Gasteiger partial charge in [0.2, 0.25) is 0 Å². The van der Waals surface area contributed by atoms with Gasteiger partial charge < -0.3 is 20.8 Å². The van der Waals surface area contributed by atoms with Gasteiger partial charge in [0.15, 0.2) is 0 Å². The maximum absolute atomic E-state index is 9.00. The molecule has 0 atom stereocenters. The Hall–Kier alpha value is -0.284. The van der Waals surface area contributed by atoms with E-state index in [-0.39, 0.29) is 57.5 Å². The van der Waals surface area contributed by atoms with Gasteiger partial charge in [0, 0.05) is 19.4 Å². The SMILES string of the molecule is CC(=O)O.CC(=O)O.CC[N+](CC)(CC)Cc1ccccc1.N.[KH]. The average molecular weight is 370 g/mol. The number of aliphatic carboxylic acids is 2. The molecule has 7 heteroatoms. The van der Waals surface area contributed by atoms with E-state index in [9.17, 15) is 0 Å². The molecule has 1 aromatic rings. The number of rotatable bonds is 5. The van der Waals surface area contributed by atoms with Crippen LogP contribution in [-0.4, -0.2) is 97.7 Å². The quantitative estimate of drug-likeness (QED) is 0.546. The monoisotopic (exact) mass is 369 g/mol. The number of nitrogens with zero attached hydrogens (tertiary/aromatic N) is 1. The van der Waals surface area contributed by atoms with Gasteiger partial charge in [0.1, 0.15) is 6.54 Å². The van der Waals surface area contributed by atoms with Gasteiger partial charge in [-0.1, -0.05) is 30.3 Å². The Balaban J connectivity index is -0.000000170. The molecule has 0 aliphatic heterocycles. The Morgan fingerprint density at radius 1 is 0.875 bits per heavy atom. The van der Waals surface area contributed by atoms with Crippen LogP contribution in [0.3, 0.4) is 0 Å². The second-order valence-corrected chi connectivity index (χ2v) is 4.97. The number of hydrogen-bond acceptors (Lipinski definition) is 3. The summed E-state index contributed by atoms with van der Waals surface area (Å²) in [4.78, 5) is 18.0. The van der Waals surface area contributed by atoms with Crippen LogP contribution in [0.25, 0.3) is 0 Å². The van der Waals surface area contributed by atoms with E-state index < -0.39 is 11.9 Å². The minimum atomic E-state index is -0.833. The number of carboxylic acids is 2. The number of carboxylic acid groups (broad SMARTS) is 2. The molecule has 0 bridgehead atoms. The average Bonchev–Trinajstić information content (AvgIpc) is 2.45. The third-order valence-electron chi connectivity index (χ3n) is 3.37. The van der Waals surface area contributed by atoms with Crippen molar-refractivity contribution in [3.8, 4) is 0 Å². The van der Waals surface area contributed by atoms with E-state index in [4.69, 9.17) is 19.8 Å². The molecule has 136 valence electrons. The zero-order valence-corrected chi connectivity index (χ0v) is 15.1. The zero-order valence-electron chi connectivity index (χ0n) is 15.1. The van der Waals surface area contributed by atoms with E-state index in [2.05, 4.69) is 51.1 Å². The standard InChI is InChI=1S/C13H22N.2C2H4O2.K.H3N.H/c1-4-14(5-2,6-3)12-13-10-8-7-9-11-13;2*1-2(3)4;;;/h7-11H,4-6,12H2,1-3H3;2*1H3,(H,3,4);;1H3;/q+1;;;;;. The molecule has 0 heterocycles. The molecule has 0 aliphatic rings. The van der Waals surface area contributed by atoms with Crippen LogP contribution in [0.4, 0.5) is 0 Å². The summed E-state index contributed by atoms with van der Waals surface area (Å²) in [6, 6.07) is 10.8. The molecule has 1 aromatic carbocycles. The van der Waals surface area contributed by atoms with Gasteiger partial charge in [0.05, 0.1) is 19.6 Å². The van der Waals surface area contributed by atoms with Crippen LogP contribution in [0.15, 0.2) is 30.3 Å². The summed E-state index contributed by atoms with van der Waals surface area (Å²) in [6.45, 7) is 13.9. The summed E-state index contributed by atoms with van der Waals surface area (Å²) in [5.41, 5.74) is 1.46. The Bertz CT molecular complexity index is 396. The molecule has 0 aliphatic carbocycles. The normalized spacial score (nSPS) is 8.88. The van der Waals surface area contributed by atoms with Crippen molar-refractivity contribution in [2.75, 3.05) is 19.6 Å². The molecular formula is C17H34KN2O4+. The number of carbonyl (C=O) groups is 2. The zero-order chi connectivity index (χ0) is 17.6. The van der Waals surface area contributed by atoms with E-state index in [0.717, 1.165) is 13.8 Å². The van der Waals surface area contributed by atoms with E-state index >= 15 is 0 Å². The molecule has 0 amide bonds. The Labute approximate surface area is 188 Å². The van der Waals surface area contributed by atoms with Crippen LogP contribution in [0.1, 0.15) is 40.2 Å². The van der Waals surface area contributed by atoms with Crippen molar-refractivity contribution in [1.29, 1.82) is 0 Å². The second-order valence-electron chi connectivity index (χ2n) is 4.97. The topological polar surface area (TPSA) is 110 Å². The Morgan fingerprint density at radius 2 is 1.17 bits per heavy atom. The van der Waals surface area contributed by atoms with Gasteiger partial charge in [-0.3, -0.25) is 9.59 Å². The molecule has 0 aromatic heterocycles. The van der Waals surface area contributed by atoms with Crippen molar-refractivity contribution in [2.24, 2.45) is 0 Å². The van der Waals surface area contributed by atoms with Crippen molar-refractivity contribution in [2.45, 2.75) is 41.2 Å². The summed E-state index contributed by atoms with van der Waals surface area (Å²) in [5.74, 6) is -1.67. The first-order chi connectivity index (χ1) is 10.2. The number of quaternary nitrogens is 1. The van der Waals surface area contributed by atoms with Crippen molar-refractivity contribution < 1.29 is 24.3 Å². The van der Waals surface area contributed by atoms with Gasteiger partial charge in [-0.25, -0.2) is 0 Å². The first kappa shape index (κ1) is 31.5. The third-order valence-corrected chi connectivity index (χ3v) is 3.37. The first-order valence-corrected chi connectivity index (χ1v) is 7.51. The summed E-state index contributed by atoms with van der Waals surface area (Å²) >= 11 is 0. The van der Waals surface area contributed by atoms with Crippen molar-refractivity contribution >= 4 is 63.3 Å². The minimum absolute atomic E-state index is 0. The van der Waals surface area contributed by atoms with E-state index in [0.29, 0.717) is 0 Å². The van der Waals surface area contributed by atoms with Crippen LogP contribution in [0.2, 0.25) is 0 Å². The predicted molar refractivity (Wildman–Crippen MR) is 101 cm³/mol. The molecule has 0 fully saturated rings. The van der Waals surface area contributed by atoms with Gasteiger partial charge >= 0.3 is 51.4 Å². The predicted octanol–water partition coefficient (Wildman–Crippen LogP) is 2.76. The Kier molecular flexibility index (Phi) is 25.0. The molecule has 1 rings (SSSR count). The maximum atomic E-state index is 9.00. The third kappa shape index (κ3) is 19.8. The fourth-order valence-corrected chi connectivity index (χ4v) is 1.98. The molecule has 0 unspecified atom stereocenters. The van der Waals surface area contributed by atoms with Crippen molar-refractivity contribution in [3.63, 3.8) is 0 Å². The summed E-state index contributed by atoms with van der Waals surface area (Å²) in [5, 5.41) is 14.8. The molecule has 0 saturated carbocycles. The van der Waals surface area contributed by atoms with Gasteiger partial charge in [-0.05, 0) is 20.8 Å². The van der Waals surface area contributed by atoms with Crippen LogP contribution in [0, 0.1) is 0 Å². The van der Waals surface area contributed by atoms with Crippen LogP contribution >= 0.6 is 0 Å². The molecule has 6 nitrogen and oxygen atoms in total. The van der Waals surface area contributed by atoms with E-state index in [1.807, 2.05) is 0 Å². The molecule has 0 radical (unpaired) electrons. The van der Waals surface area contributed by atoms with Crippen LogP contribution < -0.4 is 6.15 Å². The van der Waals surface area contributed by atoms with Gasteiger partial charge in [-0.15, -0.1) is 0 Å². The van der Waals surface area contributed by atoms with E-state index in [1.165, 1.54) is 36.2 Å². The van der Waals surface area contributed by atoms with Gasteiger partial charge in [-0.2, -0.15) is 0 Å². The van der Waals surface area contributed by atoms with Crippen molar-refractivity contribution in [1.82, 2.24) is 6.15 Å². The fourth-order valence-electron chi connectivity index (χ4n) is 1.98. The number of hydrogen-bond donors (Lipinski definition) is 3. The van der Waals surface area contributed by atoms with Gasteiger partial charge in [0.25, 0.3) is 11.9 Å². The second kappa shape index (κ2) is 19.0. The van der Waals surface area contributed by atoms with Crippen molar-refractivity contribution in [3.05, 3.63) is 35.9 Å².